The van der Waals surface area contributed by atoms with Crippen LogP contribution in [0.4, 0.5) is 4.39 Å². The van der Waals surface area contributed by atoms with Gasteiger partial charge in [-0.25, -0.2) is 4.39 Å². The van der Waals surface area contributed by atoms with Crippen LogP contribution in [-0.2, 0) is 6.42 Å². The summed E-state index contributed by atoms with van der Waals surface area (Å²) >= 11 is 6.73. The van der Waals surface area contributed by atoms with E-state index in [0.29, 0.717) is 22.6 Å². The Labute approximate surface area is 129 Å². The highest BCUT2D eigenvalue weighted by Crippen LogP contribution is 2.12. The lowest BCUT2D eigenvalue weighted by Crippen LogP contribution is -2.01. The van der Waals surface area contributed by atoms with Gasteiger partial charge in [0.05, 0.1) is 6.21 Å². The summed E-state index contributed by atoms with van der Waals surface area (Å²) in [6.45, 7) is 0. The molecule has 0 atom stereocenters. The molecule has 2 aromatic heterocycles. The van der Waals surface area contributed by atoms with Crippen molar-refractivity contribution < 1.29 is 4.39 Å². The molecule has 0 radical (unpaired) electrons. The van der Waals surface area contributed by atoms with Crippen molar-refractivity contribution in [1.29, 1.82) is 0 Å². The zero-order valence-corrected chi connectivity index (χ0v) is 12.5. The number of aromatic nitrogens is 3. The first-order valence-corrected chi connectivity index (χ1v) is 7.50. The normalized spacial score (nSPS) is 11.3. The number of hydrogen-bond acceptors (Lipinski definition) is 4. The second kappa shape index (κ2) is 6.11. The van der Waals surface area contributed by atoms with Crippen molar-refractivity contribution >= 4 is 29.8 Å². The molecule has 4 nitrogen and oxygen atoms in total. The van der Waals surface area contributed by atoms with Crippen LogP contribution in [0.1, 0.15) is 16.3 Å². The predicted octanol–water partition coefficient (Wildman–Crippen LogP) is 3.61. The van der Waals surface area contributed by atoms with Crippen LogP contribution >= 0.6 is 23.6 Å². The Hall–Kier alpha value is -2.12. The van der Waals surface area contributed by atoms with Gasteiger partial charge in [0, 0.05) is 11.3 Å². The Kier molecular flexibility index (Phi) is 4.03. The van der Waals surface area contributed by atoms with Crippen LogP contribution in [-0.4, -0.2) is 21.1 Å². The number of nitrogens with one attached hydrogen (secondary N) is 1. The smallest absolute Gasteiger partial charge is 0.216 e. The van der Waals surface area contributed by atoms with Crippen LogP contribution in [0.3, 0.4) is 0 Å². The second-order valence-corrected chi connectivity index (χ2v) is 5.65. The molecular formula is C14H11FN4S2. The Bertz CT molecular complexity index is 818. The Morgan fingerprint density at radius 3 is 2.95 bits per heavy atom. The van der Waals surface area contributed by atoms with Crippen molar-refractivity contribution in [2.24, 2.45) is 5.10 Å². The van der Waals surface area contributed by atoms with Crippen LogP contribution in [0.2, 0.25) is 0 Å². The third kappa shape index (κ3) is 3.14. The summed E-state index contributed by atoms with van der Waals surface area (Å²) in [5, 5.41) is 13.1. The van der Waals surface area contributed by atoms with Crippen molar-refractivity contribution in [2.75, 3.05) is 0 Å². The lowest BCUT2D eigenvalue weighted by Gasteiger charge is -2.02. The minimum absolute atomic E-state index is 0.264. The van der Waals surface area contributed by atoms with Gasteiger partial charge in [-0.1, -0.05) is 24.3 Å². The molecule has 2 heterocycles. The zero-order chi connectivity index (χ0) is 14.7. The first kappa shape index (κ1) is 13.8. The van der Waals surface area contributed by atoms with E-state index in [1.807, 2.05) is 17.5 Å². The van der Waals surface area contributed by atoms with E-state index < -0.39 is 0 Å². The van der Waals surface area contributed by atoms with Crippen LogP contribution in [0, 0.1) is 10.6 Å². The van der Waals surface area contributed by atoms with E-state index in [1.165, 1.54) is 10.7 Å². The average molecular weight is 318 g/mol. The Morgan fingerprint density at radius 2 is 2.19 bits per heavy atom. The predicted molar refractivity (Wildman–Crippen MR) is 83.9 cm³/mol. The molecule has 1 aromatic carbocycles. The van der Waals surface area contributed by atoms with Crippen molar-refractivity contribution in [3.8, 4) is 0 Å². The summed E-state index contributed by atoms with van der Waals surface area (Å²) in [6, 6.07) is 10.5. The standard InChI is InChI=1S/C14H11FN4S2/c15-12-6-2-1-4-10(12)8-13-17-18-14(20)19(13)16-9-11-5-3-7-21-11/h1-7,9H,8H2,(H,18,20)/b16-9+. The number of halogens is 1. The van der Waals surface area contributed by atoms with Crippen LogP contribution in [0.5, 0.6) is 0 Å². The number of rotatable bonds is 4. The molecule has 7 heteroatoms. The first-order chi connectivity index (χ1) is 10.2. The molecule has 0 saturated heterocycles. The maximum atomic E-state index is 13.7. The lowest BCUT2D eigenvalue weighted by molar-refractivity contribution is 0.610. The van der Waals surface area contributed by atoms with Crippen LogP contribution in [0.25, 0.3) is 0 Å². The summed E-state index contributed by atoms with van der Waals surface area (Å²) in [6.07, 6.45) is 2.03. The van der Waals surface area contributed by atoms with E-state index in [2.05, 4.69) is 15.3 Å². The number of nitrogens with zero attached hydrogens (tertiary/aromatic N) is 3. The summed E-state index contributed by atoms with van der Waals surface area (Å²) < 4.78 is 15.6. The number of H-pyrrole nitrogens is 1. The zero-order valence-electron chi connectivity index (χ0n) is 10.9. The molecule has 3 aromatic rings. The van der Waals surface area contributed by atoms with E-state index in [4.69, 9.17) is 12.2 Å². The molecule has 0 fully saturated rings. The van der Waals surface area contributed by atoms with E-state index >= 15 is 0 Å². The maximum Gasteiger partial charge on any atom is 0.216 e. The molecule has 0 amide bonds. The summed E-state index contributed by atoms with van der Waals surface area (Å²) in [4.78, 5) is 1.01. The SMILES string of the molecule is Fc1ccccc1Cc1n[nH]c(=S)n1/N=C/c1cccs1. The van der Waals surface area contributed by atoms with E-state index in [9.17, 15) is 4.39 Å². The number of hydrogen-bond donors (Lipinski definition) is 1. The monoisotopic (exact) mass is 318 g/mol. The molecule has 0 unspecified atom stereocenters. The fourth-order valence-corrected chi connectivity index (χ4v) is 2.63. The summed E-state index contributed by atoms with van der Waals surface area (Å²) in [5.41, 5.74) is 0.555. The summed E-state index contributed by atoms with van der Waals surface area (Å²) in [7, 11) is 0. The van der Waals surface area contributed by atoms with E-state index in [1.54, 1.807) is 35.8 Å². The highest BCUT2D eigenvalue weighted by atomic mass is 32.1. The minimum atomic E-state index is -0.264. The molecule has 21 heavy (non-hydrogen) atoms. The number of benzene rings is 1. The van der Waals surface area contributed by atoms with Gasteiger partial charge in [-0.2, -0.15) is 14.9 Å². The summed E-state index contributed by atoms with van der Waals surface area (Å²) in [5.74, 6) is 0.304. The lowest BCUT2D eigenvalue weighted by atomic mass is 10.1. The highest BCUT2D eigenvalue weighted by Gasteiger charge is 2.09. The maximum absolute atomic E-state index is 13.7. The number of thiophene rings is 1. The molecule has 0 aliphatic rings. The third-order valence-electron chi connectivity index (χ3n) is 2.87. The largest absolute Gasteiger partial charge is 0.250 e. The number of aromatic amines is 1. The molecule has 1 N–H and O–H groups in total. The molecule has 106 valence electrons. The van der Waals surface area contributed by atoms with Crippen molar-refractivity contribution in [3.05, 3.63) is 68.6 Å². The van der Waals surface area contributed by atoms with Crippen molar-refractivity contribution in [2.45, 2.75) is 6.42 Å². The van der Waals surface area contributed by atoms with Gasteiger partial charge in [0.15, 0.2) is 5.82 Å². The van der Waals surface area contributed by atoms with Gasteiger partial charge < -0.3 is 0 Å². The van der Waals surface area contributed by atoms with Crippen LogP contribution < -0.4 is 0 Å². The van der Waals surface area contributed by atoms with Crippen LogP contribution in [0.15, 0.2) is 46.9 Å². The van der Waals surface area contributed by atoms with Crippen molar-refractivity contribution in [3.63, 3.8) is 0 Å². The van der Waals surface area contributed by atoms with E-state index in [-0.39, 0.29) is 5.82 Å². The highest BCUT2D eigenvalue weighted by molar-refractivity contribution is 7.71. The van der Waals surface area contributed by atoms with Gasteiger partial charge in [-0.05, 0) is 35.3 Å². The Balaban J connectivity index is 1.91. The third-order valence-corrected chi connectivity index (χ3v) is 3.94. The molecule has 3 rings (SSSR count). The quantitative estimate of drug-likeness (QED) is 0.590. The Morgan fingerprint density at radius 1 is 1.33 bits per heavy atom. The molecule has 0 aliphatic heterocycles. The second-order valence-electron chi connectivity index (χ2n) is 4.28. The van der Waals surface area contributed by atoms with Crippen molar-refractivity contribution in [1.82, 2.24) is 14.9 Å². The molecule has 0 bridgehead atoms. The fraction of sp³-hybridized carbons (Fsp3) is 0.0714. The minimum Gasteiger partial charge on any atom is -0.250 e. The molecule has 0 aliphatic carbocycles. The van der Waals surface area contributed by atoms with E-state index in [0.717, 1.165) is 4.88 Å². The first-order valence-electron chi connectivity index (χ1n) is 6.21. The van der Waals surface area contributed by atoms with Gasteiger partial charge >= 0.3 is 0 Å². The van der Waals surface area contributed by atoms with Gasteiger partial charge in [0.25, 0.3) is 0 Å². The topological polar surface area (TPSA) is 46.0 Å². The molecular weight excluding hydrogens is 307 g/mol. The molecule has 0 spiro atoms. The van der Waals surface area contributed by atoms with Gasteiger partial charge in [0.1, 0.15) is 5.82 Å². The fourth-order valence-electron chi connectivity index (χ4n) is 1.85. The van der Waals surface area contributed by atoms with Gasteiger partial charge in [-0.3, -0.25) is 5.10 Å². The molecule has 0 saturated carbocycles. The van der Waals surface area contributed by atoms with Gasteiger partial charge in [0.2, 0.25) is 4.77 Å². The average Bonchev–Trinajstić information content (AvgIpc) is 3.10. The van der Waals surface area contributed by atoms with Gasteiger partial charge in [-0.15, -0.1) is 11.3 Å².